The molecule has 2 nitrogen and oxygen atoms in total. The average Bonchev–Trinajstić information content (AvgIpc) is 3.22. The number of benzene rings is 1. The van der Waals surface area contributed by atoms with E-state index in [2.05, 4.69) is 15.9 Å². The number of hydrogen-bond donors (Lipinski definition) is 0. The fourth-order valence-electron chi connectivity index (χ4n) is 6.63. The summed E-state index contributed by atoms with van der Waals surface area (Å²) >= 11 is 3.43. The number of esters is 1. The minimum atomic E-state index is -0.144. The predicted molar refractivity (Wildman–Crippen MR) is 92.1 cm³/mol. The van der Waals surface area contributed by atoms with Crippen LogP contribution in [-0.4, -0.2) is 11.6 Å². The third kappa shape index (κ3) is 2.08. The summed E-state index contributed by atoms with van der Waals surface area (Å²) in [6.07, 6.45) is 9.03. The Balaban J connectivity index is 1.43. The average molecular weight is 375 g/mol. The predicted octanol–water partition coefficient (Wildman–Crippen LogP) is 5.21. The van der Waals surface area contributed by atoms with E-state index in [4.69, 9.17) is 4.74 Å². The Labute approximate surface area is 146 Å². The summed E-state index contributed by atoms with van der Waals surface area (Å²) in [5.41, 5.74) is 0.545. The van der Waals surface area contributed by atoms with Crippen LogP contribution >= 0.6 is 15.9 Å². The largest absolute Gasteiger partial charge is 0.455 e. The maximum absolute atomic E-state index is 12.7. The highest BCUT2D eigenvalue weighted by Crippen LogP contribution is 2.66. The third-order valence-corrected chi connectivity index (χ3v) is 7.95. The zero-order chi connectivity index (χ0) is 15.6. The van der Waals surface area contributed by atoms with Gasteiger partial charge in [0.2, 0.25) is 0 Å². The van der Waals surface area contributed by atoms with Crippen molar-refractivity contribution in [2.24, 2.45) is 29.6 Å². The van der Waals surface area contributed by atoms with Gasteiger partial charge in [0.15, 0.2) is 0 Å². The zero-order valence-electron chi connectivity index (χ0n) is 13.3. The van der Waals surface area contributed by atoms with Crippen molar-refractivity contribution in [1.29, 1.82) is 0 Å². The van der Waals surface area contributed by atoms with E-state index in [1.54, 1.807) is 0 Å². The van der Waals surface area contributed by atoms with Gasteiger partial charge in [-0.1, -0.05) is 15.9 Å². The lowest BCUT2D eigenvalue weighted by molar-refractivity contribution is -0.0856. The van der Waals surface area contributed by atoms with Crippen molar-refractivity contribution < 1.29 is 9.53 Å². The molecule has 23 heavy (non-hydrogen) atoms. The van der Waals surface area contributed by atoms with Crippen molar-refractivity contribution in [3.63, 3.8) is 0 Å². The molecule has 4 aliphatic carbocycles. The minimum absolute atomic E-state index is 0.113. The van der Waals surface area contributed by atoms with Crippen molar-refractivity contribution in [2.45, 2.75) is 50.5 Å². The van der Waals surface area contributed by atoms with Gasteiger partial charge in [-0.25, -0.2) is 4.79 Å². The quantitative estimate of drug-likeness (QED) is 0.664. The monoisotopic (exact) mass is 374 g/mol. The molecule has 3 heteroatoms. The van der Waals surface area contributed by atoms with Gasteiger partial charge in [0.05, 0.1) is 5.56 Å². The van der Waals surface area contributed by atoms with E-state index in [0.29, 0.717) is 11.5 Å². The first-order valence-electron chi connectivity index (χ1n) is 9.15. The zero-order valence-corrected chi connectivity index (χ0v) is 14.9. The molecule has 0 N–H and O–H groups in total. The molecule has 4 fully saturated rings. The van der Waals surface area contributed by atoms with Crippen molar-refractivity contribution in [2.75, 3.05) is 0 Å². The van der Waals surface area contributed by atoms with Crippen LogP contribution in [0.15, 0.2) is 28.7 Å². The Hall–Kier alpha value is -0.830. The summed E-state index contributed by atoms with van der Waals surface area (Å²) in [6.45, 7) is 0. The van der Waals surface area contributed by atoms with Crippen LogP contribution < -0.4 is 0 Å². The van der Waals surface area contributed by atoms with Crippen LogP contribution in [0.4, 0.5) is 0 Å². The van der Waals surface area contributed by atoms with Gasteiger partial charge < -0.3 is 4.74 Å². The van der Waals surface area contributed by atoms with Crippen LogP contribution in [-0.2, 0) is 4.74 Å². The molecule has 1 aromatic carbocycles. The van der Waals surface area contributed by atoms with Crippen molar-refractivity contribution in [3.05, 3.63) is 34.3 Å². The first-order chi connectivity index (χ1) is 11.2. The highest BCUT2D eigenvalue weighted by Gasteiger charge is 2.63. The van der Waals surface area contributed by atoms with E-state index in [0.717, 1.165) is 41.0 Å². The van der Waals surface area contributed by atoms with E-state index >= 15 is 0 Å². The molecule has 1 aromatic rings. The maximum atomic E-state index is 12.7. The van der Waals surface area contributed by atoms with Crippen LogP contribution in [0.5, 0.6) is 0 Å². The summed E-state index contributed by atoms with van der Waals surface area (Å²) in [5.74, 6) is 4.06. The topological polar surface area (TPSA) is 26.3 Å². The normalized spacial score (nSPS) is 43.4. The molecule has 4 aliphatic rings. The van der Waals surface area contributed by atoms with Gasteiger partial charge in [0.25, 0.3) is 0 Å². The number of fused-ring (bicyclic) bond motifs is 4. The number of hydrogen-bond acceptors (Lipinski definition) is 2. The number of halogens is 1. The molecular weight excluding hydrogens is 352 g/mol. The molecule has 6 unspecified atom stereocenters. The molecule has 2 bridgehead atoms. The van der Waals surface area contributed by atoms with Crippen LogP contribution in [0.2, 0.25) is 0 Å². The SMILES string of the molecule is O=C(OC12CCC(C1)C1CCC3CCC2C31)c1ccc(Br)cc1. The second-order valence-electron chi connectivity index (χ2n) is 8.23. The van der Waals surface area contributed by atoms with E-state index in [1.165, 1.54) is 32.1 Å². The molecule has 0 spiro atoms. The summed E-state index contributed by atoms with van der Waals surface area (Å²) < 4.78 is 7.28. The molecule has 0 aromatic heterocycles. The Morgan fingerprint density at radius 3 is 2.65 bits per heavy atom. The van der Waals surface area contributed by atoms with Gasteiger partial charge in [-0.2, -0.15) is 0 Å². The lowest BCUT2D eigenvalue weighted by Gasteiger charge is -2.45. The van der Waals surface area contributed by atoms with Crippen molar-refractivity contribution in [1.82, 2.24) is 0 Å². The van der Waals surface area contributed by atoms with Gasteiger partial charge in [-0.05, 0) is 92.9 Å². The summed E-state index contributed by atoms with van der Waals surface area (Å²) in [6, 6.07) is 7.58. The number of ether oxygens (including phenoxy) is 1. The Kier molecular flexibility index (Phi) is 3.21. The van der Waals surface area contributed by atoms with E-state index < -0.39 is 0 Å². The van der Waals surface area contributed by atoms with Gasteiger partial charge in [0, 0.05) is 10.4 Å². The third-order valence-electron chi connectivity index (χ3n) is 7.43. The molecular formula is C20H23BrO2. The maximum Gasteiger partial charge on any atom is 0.338 e. The first kappa shape index (κ1) is 14.5. The number of rotatable bonds is 2. The minimum Gasteiger partial charge on any atom is -0.455 e. The van der Waals surface area contributed by atoms with E-state index in [9.17, 15) is 4.79 Å². The molecule has 0 radical (unpaired) electrons. The van der Waals surface area contributed by atoms with Crippen LogP contribution in [0.3, 0.4) is 0 Å². The Morgan fingerprint density at radius 2 is 1.83 bits per heavy atom. The summed E-state index contributed by atoms with van der Waals surface area (Å²) in [7, 11) is 0. The molecule has 0 heterocycles. The van der Waals surface area contributed by atoms with E-state index in [1.807, 2.05) is 24.3 Å². The molecule has 0 aliphatic heterocycles. The lowest BCUT2D eigenvalue weighted by Crippen LogP contribution is -2.47. The molecule has 6 atom stereocenters. The van der Waals surface area contributed by atoms with Gasteiger partial charge in [-0.15, -0.1) is 0 Å². The number of carbonyl (C=O) groups excluding carboxylic acids is 1. The van der Waals surface area contributed by atoms with Gasteiger partial charge in [0.1, 0.15) is 5.60 Å². The first-order valence-corrected chi connectivity index (χ1v) is 9.94. The Bertz CT molecular complexity index is 640. The fraction of sp³-hybridized carbons (Fsp3) is 0.650. The van der Waals surface area contributed by atoms with Gasteiger partial charge in [-0.3, -0.25) is 0 Å². The molecule has 4 saturated carbocycles. The smallest absolute Gasteiger partial charge is 0.338 e. The second-order valence-corrected chi connectivity index (χ2v) is 9.14. The molecule has 0 amide bonds. The summed E-state index contributed by atoms with van der Waals surface area (Å²) in [5, 5.41) is 0. The van der Waals surface area contributed by atoms with Crippen LogP contribution in [0.1, 0.15) is 55.3 Å². The lowest BCUT2D eigenvalue weighted by atomic mass is 9.66. The van der Waals surface area contributed by atoms with Crippen molar-refractivity contribution >= 4 is 21.9 Å². The molecule has 0 saturated heterocycles. The van der Waals surface area contributed by atoms with Gasteiger partial charge >= 0.3 is 5.97 Å². The summed E-state index contributed by atoms with van der Waals surface area (Å²) in [4.78, 5) is 12.7. The molecule has 5 rings (SSSR count). The fourth-order valence-corrected chi connectivity index (χ4v) is 6.90. The highest BCUT2D eigenvalue weighted by molar-refractivity contribution is 9.10. The standard InChI is InChI=1S/C20H23BrO2/c21-15-5-1-13(2-6-15)19(22)23-20-10-9-14(11-20)16-7-3-12-4-8-17(20)18(12)16/h1-2,5-6,12,14,16-18H,3-4,7-11H2. The number of carbonyl (C=O) groups is 1. The Morgan fingerprint density at radius 1 is 1.04 bits per heavy atom. The highest BCUT2D eigenvalue weighted by atomic mass is 79.9. The van der Waals surface area contributed by atoms with E-state index in [-0.39, 0.29) is 11.6 Å². The molecule has 122 valence electrons. The van der Waals surface area contributed by atoms with Crippen molar-refractivity contribution in [3.8, 4) is 0 Å². The van der Waals surface area contributed by atoms with Crippen LogP contribution in [0.25, 0.3) is 0 Å². The second kappa shape index (κ2) is 5.08. The van der Waals surface area contributed by atoms with Crippen LogP contribution in [0, 0.1) is 29.6 Å².